The standard InChI is InChI=1S/C12H15BrN4O/c1-8(12-15-7-16-17-12)14-6-9-5-10(13)3-4-11(9)18-2/h3-5,7-8,14H,6H2,1-2H3,(H,15,16,17). The molecular weight excluding hydrogens is 296 g/mol. The van der Waals surface area contributed by atoms with Crippen LogP contribution in [0.2, 0.25) is 0 Å². The summed E-state index contributed by atoms with van der Waals surface area (Å²) in [4.78, 5) is 4.12. The van der Waals surface area contributed by atoms with Crippen LogP contribution in [0.25, 0.3) is 0 Å². The van der Waals surface area contributed by atoms with Gasteiger partial charge in [-0.2, -0.15) is 5.10 Å². The molecule has 0 amide bonds. The molecule has 2 N–H and O–H groups in total. The van der Waals surface area contributed by atoms with Crippen LogP contribution >= 0.6 is 15.9 Å². The number of H-pyrrole nitrogens is 1. The van der Waals surface area contributed by atoms with Crippen LogP contribution in [0.15, 0.2) is 29.0 Å². The number of halogens is 1. The molecule has 0 radical (unpaired) electrons. The number of rotatable bonds is 5. The van der Waals surface area contributed by atoms with Gasteiger partial charge in [0.1, 0.15) is 17.9 Å². The summed E-state index contributed by atoms with van der Waals surface area (Å²) < 4.78 is 6.36. The van der Waals surface area contributed by atoms with Crippen molar-refractivity contribution < 1.29 is 4.74 Å². The van der Waals surface area contributed by atoms with Gasteiger partial charge >= 0.3 is 0 Å². The zero-order chi connectivity index (χ0) is 13.0. The van der Waals surface area contributed by atoms with Crippen molar-refractivity contribution in [1.29, 1.82) is 0 Å². The van der Waals surface area contributed by atoms with Crippen LogP contribution in [-0.4, -0.2) is 22.3 Å². The average Bonchev–Trinajstić information content (AvgIpc) is 2.90. The van der Waals surface area contributed by atoms with Crippen LogP contribution in [0.4, 0.5) is 0 Å². The smallest absolute Gasteiger partial charge is 0.141 e. The number of nitrogens with zero attached hydrogens (tertiary/aromatic N) is 2. The molecule has 1 aromatic carbocycles. The highest BCUT2D eigenvalue weighted by atomic mass is 79.9. The Bertz CT molecular complexity index is 501. The molecule has 1 unspecified atom stereocenters. The minimum absolute atomic E-state index is 0.108. The summed E-state index contributed by atoms with van der Waals surface area (Å²) in [5, 5.41) is 10.1. The number of nitrogens with one attached hydrogen (secondary N) is 2. The van der Waals surface area contributed by atoms with E-state index < -0.39 is 0 Å². The van der Waals surface area contributed by atoms with Crippen LogP contribution in [0, 0.1) is 0 Å². The molecule has 0 fully saturated rings. The van der Waals surface area contributed by atoms with E-state index in [1.807, 2.05) is 25.1 Å². The van der Waals surface area contributed by atoms with E-state index in [1.165, 1.54) is 6.33 Å². The van der Waals surface area contributed by atoms with E-state index in [4.69, 9.17) is 4.74 Å². The molecule has 6 heteroatoms. The monoisotopic (exact) mass is 310 g/mol. The van der Waals surface area contributed by atoms with E-state index in [2.05, 4.69) is 36.4 Å². The molecule has 2 aromatic rings. The maximum Gasteiger partial charge on any atom is 0.141 e. The van der Waals surface area contributed by atoms with Gasteiger partial charge in [-0.05, 0) is 25.1 Å². The molecule has 0 aliphatic heterocycles. The molecule has 1 heterocycles. The van der Waals surface area contributed by atoms with Crippen molar-refractivity contribution in [2.45, 2.75) is 19.5 Å². The number of aromatic amines is 1. The number of ether oxygens (including phenoxy) is 1. The summed E-state index contributed by atoms with van der Waals surface area (Å²) in [6.45, 7) is 2.73. The van der Waals surface area contributed by atoms with Gasteiger partial charge in [-0.1, -0.05) is 15.9 Å². The third-order valence-electron chi connectivity index (χ3n) is 2.68. The van der Waals surface area contributed by atoms with E-state index in [0.29, 0.717) is 6.54 Å². The Balaban J connectivity index is 2.03. The van der Waals surface area contributed by atoms with Crippen LogP contribution in [-0.2, 0) is 6.54 Å². The van der Waals surface area contributed by atoms with Gasteiger partial charge in [0.25, 0.3) is 0 Å². The van der Waals surface area contributed by atoms with Gasteiger partial charge in [-0.15, -0.1) is 0 Å². The lowest BCUT2D eigenvalue weighted by atomic mass is 10.2. The first kappa shape index (κ1) is 13.0. The first-order valence-corrected chi connectivity index (χ1v) is 6.41. The quantitative estimate of drug-likeness (QED) is 0.890. The lowest BCUT2D eigenvalue weighted by Crippen LogP contribution is -2.19. The summed E-state index contributed by atoms with van der Waals surface area (Å²) in [7, 11) is 1.67. The number of benzene rings is 1. The largest absolute Gasteiger partial charge is 0.496 e. The van der Waals surface area contributed by atoms with Crippen molar-refractivity contribution in [1.82, 2.24) is 20.5 Å². The minimum Gasteiger partial charge on any atom is -0.496 e. The summed E-state index contributed by atoms with van der Waals surface area (Å²) >= 11 is 3.46. The highest BCUT2D eigenvalue weighted by Crippen LogP contribution is 2.23. The van der Waals surface area contributed by atoms with Crippen molar-refractivity contribution in [2.75, 3.05) is 7.11 Å². The fraction of sp³-hybridized carbons (Fsp3) is 0.333. The van der Waals surface area contributed by atoms with E-state index in [1.54, 1.807) is 7.11 Å². The predicted molar refractivity (Wildman–Crippen MR) is 72.3 cm³/mol. The molecule has 18 heavy (non-hydrogen) atoms. The van der Waals surface area contributed by atoms with Gasteiger partial charge in [0.2, 0.25) is 0 Å². The van der Waals surface area contributed by atoms with Crippen LogP contribution in [0.3, 0.4) is 0 Å². The Kier molecular flexibility index (Phi) is 4.33. The van der Waals surface area contributed by atoms with Crippen molar-refractivity contribution in [3.05, 3.63) is 40.4 Å². The van der Waals surface area contributed by atoms with Gasteiger partial charge in [0.15, 0.2) is 0 Å². The molecule has 0 spiro atoms. The number of hydrogen-bond donors (Lipinski definition) is 2. The topological polar surface area (TPSA) is 62.8 Å². The molecular formula is C12H15BrN4O. The van der Waals surface area contributed by atoms with Gasteiger partial charge in [0.05, 0.1) is 13.2 Å². The van der Waals surface area contributed by atoms with Gasteiger partial charge in [-0.3, -0.25) is 5.10 Å². The second-order valence-electron chi connectivity index (χ2n) is 3.93. The lowest BCUT2D eigenvalue weighted by molar-refractivity contribution is 0.405. The first-order valence-electron chi connectivity index (χ1n) is 5.61. The summed E-state index contributed by atoms with van der Waals surface area (Å²) in [5.74, 6) is 1.69. The Morgan fingerprint density at radius 2 is 2.33 bits per heavy atom. The molecule has 0 saturated heterocycles. The van der Waals surface area contributed by atoms with E-state index in [9.17, 15) is 0 Å². The molecule has 96 valence electrons. The van der Waals surface area contributed by atoms with Gasteiger partial charge in [0, 0.05) is 16.6 Å². The number of hydrogen-bond acceptors (Lipinski definition) is 4. The van der Waals surface area contributed by atoms with Crippen molar-refractivity contribution in [3.8, 4) is 5.75 Å². The third kappa shape index (κ3) is 3.08. The van der Waals surface area contributed by atoms with Crippen molar-refractivity contribution >= 4 is 15.9 Å². The Morgan fingerprint density at radius 1 is 1.50 bits per heavy atom. The second-order valence-corrected chi connectivity index (χ2v) is 4.85. The minimum atomic E-state index is 0.108. The fourth-order valence-corrected chi connectivity index (χ4v) is 2.08. The van der Waals surface area contributed by atoms with Crippen LogP contribution in [0.1, 0.15) is 24.4 Å². The Hall–Kier alpha value is -1.40. The lowest BCUT2D eigenvalue weighted by Gasteiger charge is -2.13. The number of aromatic nitrogens is 3. The van der Waals surface area contributed by atoms with Crippen molar-refractivity contribution in [2.24, 2.45) is 0 Å². The zero-order valence-corrected chi connectivity index (χ0v) is 11.9. The molecule has 1 atom stereocenters. The fourth-order valence-electron chi connectivity index (χ4n) is 1.67. The van der Waals surface area contributed by atoms with Crippen LogP contribution in [0.5, 0.6) is 5.75 Å². The zero-order valence-electron chi connectivity index (χ0n) is 10.3. The predicted octanol–water partition coefficient (Wildman–Crippen LogP) is 2.43. The van der Waals surface area contributed by atoms with E-state index in [-0.39, 0.29) is 6.04 Å². The summed E-state index contributed by atoms with van der Waals surface area (Å²) in [6, 6.07) is 6.05. The van der Waals surface area contributed by atoms with E-state index >= 15 is 0 Å². The number of methoxy groups -OCH3 is 1. The maximum absolute atomic E-state index is 5.33. The Morgan fingerprint density at radius 3 is 3.00 bits per heavy atom. The van der Waals surface area contributed by atoms with E-state index in [0.717, 1.165) is 21.6 Å². The molecule has 0 bridgehead atoms. The summed E-state index contributed by atoms with van der Waals surface area (Å²) in [5.41, 5.74) is 1.10. The third-order valence-corrected chi connectivity index (χ3v) is 3.18. The van der Waals surface area contributed by atoms with Crippen LogP contribution < -0.4 is 10.1 Å². The maximum atomic E-state index is 5.33. The highest BCUT2D eigenvalue weighted by molar-refractivity contribution is 9.10. The molecule has 1 aromatic heterocycles. The Labute approximate surface area is 114 Å². The molecule has 0 aliphatic rings. The van der Waals surface area contributed by atoms with Crippen molar-refractivity contribution in [3.63, 3.8) is 0 Å². The molecule has 5 nitrogen and oxygen atoms in total. The molecule has 2 rings (SSSR count). The second kappa shape index (κ2) is 5.97. The highest BCUT2D eigenvalue weighted by Gasteiger charge is 2.09. The van der Waals surface area contributed by atoms with Gasteiger partial charge in [-0.25, -0.2) is 4.98 Å². The summed E-state index contributed by atoms with van der Waals surface area (Å²) in [6.07, 6.45) is 1.51. The first-order chi connectivity index (χ1) is 8.70. The average molecular weight is 311 g/mol. The SMILES string of the molecule is COc1ccc(Br)cc1CNC(C)c1ncn[nH]1. The molecule has 0 aliphatic carbocycles. The molecule has 0 saturated carbocycles. The van der Waals surface area contributed by atoms with Gasteiger partial charge < -0.3 is 10.1 Å². The normalized spacial score (nSPS) is 12.4.